The molecular formula is C19H13ClN6O5. The quantitative estimate of drug-likeness (QED) is 0.429. The normalized spacial score (nSPS) is 10.6. The summed E-state index contributed by atoms with van der Waals surface area (Å²) in [6, 6.07) is 9.89. The number of pyridine rings is 1. The van der Waals surface area contributed by atoms with E-state index in [1.54, 1.807) is 30.3 Å². The number of nitrogens with zero attached hydrogens (tertiary/aromatic N) is 4. The molecule has 0 aliphatic heterocycles. The minimum Gasteiger partial charge on any atom is -0.493 e. The molecule has 0 radical (unpaired) electrons. The second-order valence-corrected chi connectivity index (χ2v) is 6.36. The Labute approximate surface area is 178 Å². The van der Waals surface area contributed by atoms with E-state index in [9.17, 15) is 9.59 Å². The number of para-hydroxylation sites is 2. The van der Waals surface area contributed by atoms with Gasteiger partial charge in [0.25, 0.3) is 5.91 Å². The first-order valence-electron chi connectivity index (χ1n) is 8.67. The lowest BCUT2D eigenvalue weighted by atomic mass is 10.2. The van der Waals surface area contributed by atoms with Gasteiger partial charge < -0.3 is 15.2 Å². The number of primary amides is 1. The lowest BCUT2D eigenvalue weighted by Crippen LogP contribution is -2.16. The molecule has 3 heterocycles. The maximum atomic E-state index is 12.1. The highest BCUT2D eigenvalue weighted by molar-refractivity contribution is 6.31. The van der Waals surface area contributed by atoms with Crippen LogP contribution in [0.2, 0.25) is 5.15 Å². The average Bonchev–Trinajstić information content (AvgIpc) is 3.21. The monoisotopic (exact) mass is 440 g/mol. The van der Waals surface area contributed by atoms with Crippen LogP contribution in [0, 0.1) is 0 Å². The smallest absolute Gasteiger partial charge is 0.439 e. The molecule has 0 bridgehead atoms. The van der Waals surface area contributed by atoms with Gasteiger partial charge in [0.2, 0.25) is 5.82 Å². The molecule has 0 spiro atoms. The molecule has 0 unspecified atom stereocenters. The number of amides is 1. The maximum absolute atomic E-state index is 12.1. The molecule has 0 aliphatic carbocycles. The number of H-pyrrole nitrogens is 1. The zero-order valence-corrected chi connectivity index (χ0v) is 16.6. The van der Waals surface area contributed by atoms with Crippen molar-refractivity contribution < 1.29 is 18.8 Å². The molecule has 0 fully saturated rings. The number of benzene rings is 1. The Morgan fingerprint density at radius 3 is 2.65 bits per heavy atom. The number of hydrogen-bond donors (Lipinski definition) is 2. The summed E-state index contributed by atoms with van der Waals surface area (Å²) in [6.45, 7) is 0. The number of nitrogens with one attached hydrogen (secondary N) is 1. The third-order valence-electron chi connectivity index (χ3n) is 4.04. The predicted octanol–water partition coefficient (Wildman–Crippen LogP) is 2.44. The van der Waals surface area contributed by atoms with Gasteiger partial charge in [0, 0.05) is 11.8 Å². The first-order valence-corrected chi connectivity index (χ1v) is 9.05. The number of rotatable bonds is 6. The van der Waals surface area contributed by atoms with Crippen LogP contribution in [0.5, 0.6) is 17.2 Å². The highest BCUT2D eigenvalue weighted by Gasteiger charge is 2.22. The largest absolute Gasteiger partial charge is 0.493 e. The van der Waals surface area contributed by atoms with Crippen molar-refractivity contribution in [3.63, 3.8) is 0 Å². The molecule has 31 heavy (non-hydrogen) atoms. The Bertz CT molecular complexity index is 1340. The van der Waals surface area contributed by atoms with Crippen molar-refractivity contribution in [1.29, 1.82) is 0 Å². The van der Waals surface area contributed by atoms with Crippen LogP contribution < -0.4 is 21.0 Å². The minimum atomic E-state index is -0.870. The van der Waals surface area contributed by atoms with E-state index in [1.807, 2.05) is 0 Å². The fourth-order valence-corrected chi connectivity index (χ4v) is 2.87. The average molecular weight is 441 g/mol. The Morgan fingerprint density at radius 1 is 1.19 bits per heavy atom. The van der Waals surface area contributed by atoms with E-state index < -0.39 is 11.7 Å². The second kappa shape index (κ2) is 8.24. The molecule has 1 aromatic carbocycles. The van der Waals surface area contributed by atoms with E-state index in [4.69, 9.17) is 26.8 Å². The number of carbonyl (C=O) groups excluding carboxylic acids is 1. The molecule has 0 atom stereocenters. The van der Waals surface area contributed by atoms with Crippen molar-refractivity contribution in [2.75, 3.05) is 7.11 Å². The molecule has 3 aromatic heterocycles. The van der Waals surface area contributed by atoms with Crippen LogP contribution in [0.3, 0.4) is 0 Å². The van der Waals surface area contributed by atoms with Crippen LogP contribution in [0.15, 0.2) is 51.9 Å². The van der Waals surface area contributed by atoms with Gasteiger partial charge in [-0.3, -0.25) is 19.3 Å². The first kappa shape index (κ1) is 20.0. The molecule has 11 nitrogen and oxygen atoms in total. The van der Waals surface area contributed by atoms with Crippen LogP contribution in [0.25, 0.3) is 22.9 Å². The van der Waals surface area contributed by atoms with Gasteiger partial charge in [0.1, 0.15) is 5.69 Å². The van der Waals surface area contributed by atoms with Gasteiger partial charge in [-0.25, -0.2) is 14.8 Å². The third kappa shape index (κ3) is 4.07. The van der Waals surface area contributed by atoms with Crippen LogP contribution in [0.1, 0.15) is 10.5 Å². The van der Waals surface area contributed by atoms with Crippen molar-refractivity contribution >= 4 is 17.5 Å². The fraction of sp³-hybridized carbons (Fsp3) is 0.0526. The highest BCUT2D eigenvalue weighted by Crippen LogP contribution is 2.36. The number of aromatic nitrogens is 5. The lowest BCUT2D eigenvalue weighted by Gasteiger charge is -2.13. The fourth-order valence-electron chi connectivity index (χ4n) is 2.66. The van der Waals surface area contributed by atoms with Gasteiger partial charge in [-0.2, -0.15) is 0 Å². The summed E-state index contributed by atoms with van der Waals surface area (Å²) >= 11 is 6.32. The number of carbonyl (C=O) groups is 1. The van der Waals surface area contributed by atoms with E-state index in [2.05, 4.69) is 29.6 Å². The molecule has 12 heteroatoms. The van der Waals surface area contributed by atoms with Crippen molar-refractivity contribution in [2.24, 2.45) is 5.73 Å². The predicted molar refractivity (Wildman–Crippen MR) is 108 cm³/mol. The Kier molecular flexibility index (Phi) is 5.33. The summed E-state index contributed by atoms with van der Waals surface area (Å²) in [7, 11) is 1.47. The van der Waals surface area contributed by atoms with Crippen molar-refractivity contribution in [3.05, 3.63) is 64.0 Å². The summed E-state index contributed by atoms with van der Waals surface area (Å²) in [6.07, 6.45) is 1.44. The van der Waals surface area contributed by atoms with E-state index >= 15 is 0 Å². The molecule has 1 amide bonds. The zero-order valence-electron chi connectivity index (χ0n) is 15.8. The van der Waals surface area contributed by atoms with Gasteiger partial charge >= 0.3 is 5.76 Å². The summed E-state index contributed by atoms with van der Waals surface area (Å²) < 4.78 is 15.5. The number of ether oxygens (including phenoxy) is 2. The summed E-state index contributed by atoms with van der Waals surface area (Å²) in [5.41, 5.74) is 6.00. The third-order valence-corrected chi connectivity index (χ3v) is 4.30. The summed E-state index contributed by atoms with van der Waals surface area (Å²) in [5.74, 6) is -0.798. The van der Waals surface area contributed by atoms with Gasteiger partial charge in [-0.1, -0.05) is 28.9 Å². The van der Waals surface area contributed by atoms with E-state index in [0.29, 0.717) is 17.1 Å². The SMILES string of the molecule is COc1ccccc1Oc1c(Cl)nc(-c2ccnc(-c3noc(=O)[nH]3)c2)nc1C(N)=O. The topological polar surface area (TPSA) is 159 Å². The first-order chi connectivity index (χ1) is 15.0. The Balaban J connectivity index is 1.78. The second-order valence-electron chi connectivity index (χ2n) is 6.01. The van der Waals surface area contributed by atoms with Crippen LogP contribution in [0.4, 0.5) is 0 Å². The van der Waals surface area contributed by atoms with Gasteiger partial charge in [-0.05, 0) is 24.3 Å². The van der Waals surface area contributed by atoms with Gasteiger partial charge in [0.15, 0.2) is 33.9 Å². The van der Waals surface area contributed by atoms with Crippen molar-refractivity contribution in [3.8, 4) is 40.2 Å². The van der Waals surface area contributed by atoms with Crippen LogP contribution in [-0.2, 0) is 0 Å². The molecule has 4 aromatic rings. The Morgan fingerprint density at radius 2 is 1.97 bits per heavy atom. The summed E-state index contributed by atoms with van der Waals surface area (Å²) in [5, 5.41) is 3.44. The molecule has 0 saturated heterocycles. The number of nitrogens with two attached hydrogens (primary N) is 1. The number of hydrogen-bond acceptors (Lipinski definition) is 9. The summed E-state index contributed by atoms with van der Waals surface area (Å²) in [4.78, 5) is 38.2. The van der Waals surface area contributed by atoms with Crippen molar-refractivity contribution in [2.45, 2.75) is 0 Å². The van der Waals surface area contributed by atoms with Crippen molar-refractivity contribution in [1.82, 2.24) is 25.1 Å². The lowest BCUT2D eigenvalue weighted by molar-refractivity contribution is 0.0993. The van der Waals surface area contributed by atoms with E-state index in [1.165, 1.54) is 19.4 Å². The molecule has 3 N–H and O–H groups in total. The standard InChI is InChI=1S/C19H13ClN6O5/c1-29-11-4-2-3-5-12(11)30-14-13(16(21)27)23-17(24-15(14)20)9-6-7-22-10(8-9)18-25-19(28)31-26-18/h2-8H,1H3,(H2,21,27)(H,25,26,28). The Hall–Kier alpha value is -4.25. The number of methoxy groups -OCH3 is 1. The molecule has 0 saturated carbocycles. The molecule has 0 aliphatic rings. The number of halogens is 1. The van der Waals surface area contributed by atoms with E-state index in [-0.39, 0.29) is 33.9 Å². The van der Waals surface area contributed by atoms with Crippen LogP contribution >= 0.6 is 11.6 Å². The zero-order chi connectivity index (χ0) is 22.0. The van der Waals surface area contributed by atoms with Gasteiger partial charge in [0.05, 0.1) is 7.11 Å². The van der Waals surface area contributed by atoms with Gasteiger partial charge in [-0.15, -0.1) is 0 Å². The molecule has 156 valence electrons. The van der Waals surface area contributed by atoms with E-state index in [0.717, 1.165) is 0 Å². The highest BCUT2D eigenvalue weighted by atomic mass is 35.5. The number of aromatic amines is 1. The molecule has 4 rings (SSSR count). The molecular weight excluding hydrogens is 428 g/mol. The minimum absolute atomic E-state index is 0.0840. The maximum Gasteiger partial charge on any atom is 0.439 e. The van der Waals surface area contributed by atoms with Crippen LogP contribution in [-0.4, -0.2) is 38.1 Å².